The number of pyridine rings is 1. The number of nitrogens with zero attached hydrogens (tertiary/aromatic N) is 1. The molecule has 1 saturated heterocycles. The Morgan fingerprint density at radius 1 is 0.885 bits per heavy atom. The molecule has 0 bridgehead atoms. The van der Waals surface area contributed by atoms with Crippen LogP contribution in [-0.2, 0) is 9.31 Å². The van der Waals surface area contributed by atoms with Crippen LogP contribution in [0.15, 0.2) is 53.2 Å². The van der Waals surface area contributed by atoms with Gasteiger partial charge in [0.25, 0.3) is 0 Å². The van der Waals surface area contributed by atoms with Gasteiger partial charge in [0.15, 0.2) is 0 Å². The predicted molar refractivity (Wildman–Crippen MR) is 105 cm³/mol. The molecule has 5 rings (SSSR count). The lowest BCUT2D eigenvalue weighted by Gasteiger charge is -2.32. The molecule has 130 valence electrons. The number of benzene rings is 2. The highest BCUT2D eigenvalue weighted by Gasteiger charge is 2.52. The van der Waals surface area contributed by atoms with Gasteiger partial charge < -0.3 is 13.7 Å². The normalized spacial score (nSPS) is 19.0. The van der Waals surface area contributed by atoms with Crippen molar-refractivity contribution in [2.45, 2.75) is 38.9 Å². The molecule has 1 fully saturated rings. The fraction of sp³-hybridized carbons (Fsp3) is 0.286. The second-order valence-corrected chi connectivity index (χ2v) is 7.98. The largest absolute Gasteiger partial charge is 0.495 e. The lowest BCUT2D eigenvalue weighted by Crippen LogP contribution is -2.41. The molecule has 1 aliphatic heterocycles. The molecule has 4 nitrogen and oxygen atoms in total. The van der Waals surface area contributed by atoms with Gasteiger partial charge in [0, 0.05) is 28.6 Å². The van der Waals surface area contributed by atoms with Crippen LogP contribution in [0.2, 0.25) is 0 Å². The van der Waals surface area contributed by atoms with Gasteiger partial charge in [-0.1, -0.05) is 12.1 Å². The highest BCUT2D eigenvalue weighted by Crippen LogP contribution is 2.38. The van der Waals surface area contributed by atoms with Crippen molar-refractivity contribution in [1.29, 1.82) is 0 Å². The van der Waals surface area contributed by atoms with Gasteiger partial charge in [0.2, 0.25) is 0 Å². The van der Waals surface area contributed by atoms with E-state index in [1.54, 1.807) is 0 Å². The Balaban J connectivity index is 1.77. The molecule has 0 amide bonds. The van der Waals surface area contributed by atoms with Gasteiger partial charge in [0.1, 0.15) is 11.2 Å². The van der Waals surface area contributed by atoms with Crippen molar-refractivity contribution in [2.75, 3.05) is 0 Å². The molecular weight excluding hydrogens is 325 g/mol. The maximum Gasteiger partial charge on any atom is 0.495 e. The number of furan rings is 1. The van der Waals surface area contributed by atoms with Crippen molar-refractivity contribution in [3.05, 3.63) is 48.8 Å². The van der Waals surface area contributed by atoms with Crippen LogP contribution in [-0.4, -0.2) is 23.3 Å². The molecule has 0 spiro atoms. The standard InChI is InChI=1S/C21H20BNO3/c1-20(2)21(3,4)26-22(25-20)16-6-5-7-17-19(16)15-10-13-8-9-23-12-14(13)11-18(15)24-17/h5-12H,1-4H3. The zero-order chi connectivity index (χ0) is 18.1. The molecule has 3 heterocycles. The first-order valence-corrected chi connectivity index (χ1v) is 8.90. The van der Waals surface area contributed by atoms with Crippen LogP contribution >= 0.6 is 0 Å². The fourth-order valence-corrected chi connectivity index (χ4v) is 3.60. The number of aromatic nitrogens is 1. The summed E-state index contributed by atoms with van der Waals surface area (Å²) in [5.41, 5.74) is 1.95. The third-order valence-electron chi connectivity index (χ3n) is 5.79. The number of hydrogen-bond donors (Lipinski definition) is 0. The first-order valence-electron chi connectivity index (χ1n) is 8.90. The number of hydrogen-bond acceptors (Lipinski definition) is 4. The van der Waals surface area contributed by atoms with Gasteiger partial charge in [-0.15, -0.1) is 0 Å². The Morgan fingerprint density at radius 3 is 2.42 bits per heavy atom. The fourth-order valence-electron chi connectivity index (χ4n) is 3.60. The van der Waals surface area contributed by atoms with E-state index in [0.717, 1.165) is 38.2 Å². The zero-order valence-electron chi connectivity index (χ0n) is 15.4. The van der Waals surface area contributed by atoms with Crippen molar-refractivity contribution >= 4 is 45.3 Å². The Hall–Kier alpha value is -2.37. The van der Waals surface area contributed by atoms with Crippen LogP contribution in [0, 0.1) is 0 Å². The smallest absolute Gasteiger partial charge is 0.456 e. The van der Waals surface area contributed by atoms with E-state index in [1.165, 1.54) is 0 Å². The summed E-state index contributed by atoms with van der Waals surface area (Å²) in [5.74, 6) is 0. The van der Waals surface area contributed by atoms with Crippen LogP contribution in [0.5, 0.6) is 0 Å². The molecular formula is C21H20BNO3. The van der Waals surface area contributed by atoms with Gasteiger partial charge in [-0.05, 0) is 62.8 Å². The third kappa shape index (κ3) is 2.14. The Morgan fingerprint density at radius 2 is 1.65 bits per heavy atom. The SMILES string of the molecule is CC1(C)OB(c2cccc3oc4cc5cnccc5cc4c23)OC1(C)C. The summed E-state index contributed by atoms with van der Waals surface area (Å²) < 4.78 is 18.7. The molecule has 26 heavy (non-hydrogen) atoms. The quantitative estimate of drug-likeness (QED) is 0.479. The summed E-state index contributed by atoms with van der Waals surface area (Å²) in [6.45, 7) is 8.28. The van der Waals surface area contributed by atoms with Crippen LogP contribution in [0.3, 0.4) is 0 Å². The molecule has 2 aromatic heterocycles. The predicted octanol–water partition coefficient (Wildman–Crippen LogP) is 4.43. The molecule has 5 heteroatoms. The molecule has 0 atom stereocenters. The van der Waals surface area contributed by atoms with E-state index < -0.39 is 7.12 Å². The molecule has 0 unspecified atom stereocenters. The average molecular weight is 345 g/mol. The lowest BCUT2D eigenvalue weighted by molar-refractivity contribution is 0.00578. The molecule has 0 saturated carbocycles. The van der Waals surface area contributed by atoms with E-state index in [0.29, 0.717) is 0 Å². The summed E-state index contributed by atoms with van der Waals surface area (Å²) in [7, 11) is -0.419. The first kappa shape index (κ1) is 15.9. The van der Waals surface area contributed by atoms with Crippen molar-refractivity contribution in [2.24, 2.45) is 0 Å². The summed E-state index contributed by atoms with van der Waals surface area (Å²) in [4.78, 5) is 4.20. The van der Waals surface area contributed by atoms with Crippen LogP contribution < -0.4 is 5.46 Å². The summed E-state index contributed by atoms with van der Waals surface area (Å²) in [6.07, 6.45) is 3.67. The second-order valence-electron chi connectivity index (χ2n) is 7.98. The van der Waals surface area contributed by atoms with Gasteiger partial charge in [0.05, 0.1) is 11.2 Å². The zero-order valence-corrected chi connectivity index (χ0v) is 15.4. The average Bonchev–Trinajstić information content (AvgIpc) is 3.06. The lowest BCUT2D eigenvalue weighted by atomic mass is 9.76. The summed E-state index contributed by atoms with van der Waals surface area (Å²) >= 11 is 0. The van der Waals surface area contributed by atoms with Crippen molar-refractivity contribution in [3.63, 3.8) is 0 Å². The number of rotatable bonds is 1. The van der Waals surface area contributed by atoms with Crippen molar-refractivity contribution in [1.82, 2.24) is 4.98 Å². The Kier molecular flexibility index (Phi) is 3.10. The van der Waals surface area contributed by atoms with Crippen molar-refractivity contribution in [3.8, 4) is 0 Å². The Labute approximate surface area is 152 Å². The van der Waals surface area contributed by atoms with Crippen LogP contribution in [0.4, 0.5) is 0 Å². The van der Waals surface area contributed by atoms with Gasteiger partial charge >= 0.3 is 7.12 Å². The van der Waals surface area contributed by atoms with Gasteiger partial charge in [-0.25, -0.2) is 0 Å². The van der Waals surface area contributed by atoms with Crippen molar-refractivity contribution < 1.29 is 13.7 Å². The van der Waals surface area contributed by atoms with E-state index in [4.69, 9.17) is 13.7 Å². The maximum absolute atomic E-state index is 6.29. The maximum atomic E-state index is 6.29. The molecule has 0 N–H and O–H groups in total. The Bertz CT molecular complexity index is 1150. The topological polar surface area (TPSA) is 44.5 Å². The van der Waals surface area contributed by atoms with E-state index >= 15 is 0 Å². The third-order valence-corrected chi connectivity index (χ3v) is 5.79. The molecule has 0 radical (unpaired) electrons. The molecule has 4 aromatic rings. The van der Waals surface area contributed by atoms with Crippen LogP contribution in [0.25, 0.3) is 32.7 Å². The van der Waals surface area contributed by atoms with Gasteiger partial charge in [-0.2, -0.15) is 0 Å². The number of fused-ring (bicyclic) bond motifs is 4. The van der Waals surface area contributed by atoms with Crippen LogP contribution in [0.1, 0.15) is 27.7 Å². The second kappa shape index (κ2) is 5.09. The van der Waals surface area contributed by atoms with Gasteiger partial charge in [-0.3, -0.25) is 4.98 Å². The highest BCUT2D eigenvalue weighted by molar-refractivity contribution is 6.66. The highest BCUT2D eigenvalue weighted by atomic mass is 16.7. The van der Waals surface area contributed by atoms with E-state index in [1.807, 2.05) is 36.7 Å². The summed E-state index contributed by atoms with van der Waals surface area (Å²) in [6, 6.07) is 12.3. The minimum atomic E-state index is -0.419. The molecule has 1 aliphatic rings. The molecule has 0 aliphatic carbocycles. The van der Waals surface area contributed by atoms with E-state index in [9.17, 15) is 0 Å². The minimum absolute atomic E-state index is 0.377. The van der Waals surface area contributed by atoms with E-state index in [2.05, 4.69) is 44.8 Å². The molecule has 2 aromatic carbocycles. The summed E-state index contributed by atoms with van der Waals surface area (Å²) in [5, 5.41) is 4.33. The first-order chi connectivity index (χ1) is 12.4. The monoisotopic (exact) mass is 345 g/mol. The van der Waals surface area contributed by atoms with E-state index in [-0.39, 0.29) is 11.2 Å². The minimum Gasteiger partial charge on any atom is -0.456 e.